The highest BCUT2D eigenvalue weighted by Crippen LogP contribution is 2.51. The van der Waals surface area contributed by atoms with Gasteiger partial charge in [0.15, 0.2) is 0 Å². The molecule has 5 nitrogen and oxygen atoms in total. The summed E-state index contributed by atoms with van der Waals surface area (Å²) in [6, 6.07) is 3.08. The molecule has 3 N–H and O–H groups in total. The molecule has 0 atom stereocenters. The Morgan fingerprint density at radius 1 is 1.38 bits per heavy atom. The smallest absolute Gasteiger partial charge is 0.338 e. The summed E-state index contributed by atoms with van der Waals surface area (Å²) >= 11 is 0. The van der Waals surface area contributed by atoms with Crippen molar-refractivity contribution in [2.45, 2.75) is 26.7 Å². The van der Waals surface area contributed by atoms with E-state index in [0.29, 0.717) is 12.5 Å². The Morgan fingerprint density at radius 3 is 2.52 bits per heavy atom. The maximum Gasteiger partial charge on any atom is 0.338 e. The van der Waals surface area contributed by atoms with Crippen molar-refractivity contribution in [3.8, 4) is 0 Å². The minimum absolute atomic E-state index is 0.190. The third-order valence-corrected chi connectivity index (χ3v) is 4.18. The van der Waals surface area contributed by atoms with Crippen molar-refractivity contribution in [1.29, 1.82) is 0 Å². The van der Waals surface area contributed by atoms with Crippen molar-refractivity contribution in [3.63, 3.8) is 0 Å². The van der Waals surface area contributed by atoms with Crippen molar-refractivity contribution >= 4 is 17.7 Å². The molecule has 21 heavy (non-hydrogen) atoms. The van der Waals surface area contributed by atoms with Crippen LogP contribution < -0.4 is 10.6 Å². The second kappa shape index (κ2) is 5.71. The number of anilines is 1. The minimum atomic E-state index is -1.34. The fourth-order valence-electron chi connectivity index (χ4n) is 2.32. The van der Waals surface area contributed by atoms with Crippen LogP contribution in [0.5, 0.6) is 0 Å². The van der Waals surface area contributed by atoms with Crippen LogP contribution in [0.1, 0.15) is 37.0 Å². The molecule has 0 bridgehead atoms. The predicted octanol–water partition coefficient (Wildman–Crippen LogP) is 3.08. The number of benzene rings is 1. The molecule has 2 amide bonds. The van der Waals surface area contributed by atoms with Crippen LogP contribution in [0, 0.1) is 17.2 Å². The summed E-state index contributed by atoms with van der Waals surface area (Å²) in [6.07, 6.45) is 2.21. The molecule has 6 heteroatoms. The van der Waals surface area contributed by atoms with Gasteiger partial charge in [-0.05, 0) is 42.4 Å². The Morgan fingerprint density at radius 2 is 2.05 bits per heavy atom. The number of halogens is 1. The normalized spacial score (nSPS) is 15.6. The van der Waals surface area contributed by atoms with Crippen LogP contribution in [0.3, 0.4) is 0 Å². The van der Waals surface area contributed by atoms with Gasteiger partial charge >= 0.3 is 12.0 Å². The van der Waals surface area contributed by atoms with Gasteiger partial charge in [-0.25, -0.2) is 14.0 Å². The Bertz CT molecular complexity index is 568. The van der Waals surface area contributed by atoms with E-state index in [1.165, 1.54) is 6.07 Å². The second-order valence-corrected chi connectivity index (χ2v) is 5.82. The van der Waals surface area contributed by atoms with Crippen LogP contribution in [0.15, 0.2) is 18.2 Å². The number of carboxylic acids is 1. The van der Waals surface area contributed by atoms with Gasteiger partial charge in [0.25, 0.3) is 0 Å². The molecule has 1 aliphatic rings. The maximum absolute atomic E-state index is 13.5. The molecule has 0 spiro atoms. The van der Waals surface area contributed by atoms with E-state index in [2.05, 4.69) is 24.5 Å². The molecule has 0 aliphatic heterocycles. The molecule has 1 aromatic rings. The van der Waals surface area contributed by atoms with E-state index in [-0.39, 0.29) is 11.1 Å². The molecule has 1 fully saturated rings. The molecule has 1 saturated carbocycles. The average molecular weight is 294 g/mol. The van der Waals surface area contributed by atoms with Crippen LogP contribution in [0.25, 0.3) is 0 Å². The van der Waals surface area contributed by atoms with Crippen molar-refractivity contribution < 1.29 is 19.1 Å². The highest BCUT2D eigenvalue weighted by atomic mass is 19.1. The van der Waals surface area contributed by atoms with Crippen molar-refractivity contribution in [2.75, 3.05) is 11.9 Å². The van der Waals surface area contributed by atoms with Gasteiger partial charge in [0.1, 0.15) is 5.82 Å². The molecule has 0 saturated heterocycles. The molecule has 1 aliphatic carbocycles. The number of carbonyl (C=O) groups is 2. The summed E-state index contributed by atoms with van der Waals surface area (Å²) in [5.74, 6) is -1.71. The standard InChI is InChI=1S/C15H19FN2O3/c1-9(2)15(5-6-15)8-17-14(21)18-10-3-4-11(13(19)20)12(16)7-10/h3-4,7,9H,5-6,8H2,1-2H3,(H,19,20)(H2,17,18,21). The van der Waals surface area contributed by atoms with Gasteiger partial charge in [0.2, 0.25) is 0 Å². The molecular formula is C15H19FN2O3. The number of nitrogens with one attached hydrogen (secondary N) is 2. The van der Waals surface area contributed by atoms with Crippen molar-refractivity contribution in [3.05, 3.63) is 29.6 Å². The van der Waals surface area contributed by atoms with Crippen molar-refractivity contribution in [2.24, 2.45) is 11.3 Å². The minimum Gasteiger partial charge on any atom is -0.478 e. The van der Waals surface area contributed by atoms with E-state index in [0.717, 1.165) is 25.0 Å². The topological polar surface area (TPSA) is 78.4 Å². The zero-order valence-electron chi connectivity index (χ0n) is 12.1. The van der Waals surface area contributed by atoms with Crippen LogP contribution >= 0.6 is 0 Å². The Kier molecular flexibility index (Phi) is 4.16. The zero-order chi connectivity index (χ0) is 15.6. The third kappa shape index (κ3) is 3.51. The Balaban J connectivity index is 1.91. The van der Waals surface area contributed by atoms with E-state index in [4.69, 9.17) is 5.11 Å². The van der Waals surface area contributed by atoms with Crippen LogP contribution in [0.4, 0.5) is 14.9 Å². The molecule has 114 valence electrons. The van der Waals surface area contributed by atoms with Gasteiger partial charge < -0.3 is 15.7 Å². The highest BCUT2D eigenvalue weighted by Gasteiger charge is 2.45. The molecular weight excluding hydrogens is 275 g/mol. The van der Waals surface area contributed by atoms with Gasteiger partial charge in [0, 0.05) is 12.2 Å². The number of carbonyl (C=O) groups excluding carboxylic acids is 1. The van der Waals surface area contributed by atoms with E-state index in [1.807, 2.05) is 0 Å². The predicted molar refractivity (Wildman–Crippen MR) is 76.9 cm³/mol. The number of hydrogen-bond acceptors (Lipinski definition) is 2. The summed E-state index contributed by atoms with van der Waals surface area (Å²) in [5, 5.41) is 14.0. The average Bonchev–Trinajstić information content (AvgIpc) is 3.17. The van der Waals surface area contributed by atoms with Gasteiger partial charge in [-0.1, -0.05) is 13.8 Å². The summed E-state index contributed by atoms with van der Waals surface area (Å²) in [4.78, 5) is 22.5. The number of urea groups is 1. The summed E-state index contributed by atoms with van der Waals surface area (Å²) < 4.78 is 13.5. The lowest BCUT2D eigenvalue weighted by Crippen LogP contribution is -2.35. The molecule has 0 radical (unpaired) electrons. The van der Waals surface area contributed by atoms with Crippen LogP contribution in [-0.2, 0) is 0 Å². The van der Waals surface area contributed by atoms with Gasteiger partial charge in [0.05, 0.1) is 5.56 Å². The van der Waals surface area contributed by atoms with Crippen LogP contribution in [-0.4, -0.2) is 23.7 Å². The van der Waals surface area contributed by atoms with Crippen LogP contribution in [0.2, 0.25) is 0 Å². The fraction of sp³-hybridized carbons (Fsp3) is 0.467. The summed E-state index contributed by atoms with van der Waals surface area (Å²) in [6.45, 7) is 4.85. The lowest BCUT2D eigenvalue weighted by molar-refractivity contribution is 0.0692. The number of hydrogen-bond donors (Lipinski definition) is 3. The fourth-order valence-corrected chi connectivity index (χ4v) is 2.32. The molecule has 0 heterocycles. The molecule has 1 aromatic carbocycles. The van der Waals surface area contributed by atoms with Gasteiger partial charge in [-0.15, -0.1) is 0 Å². The van der Waals surface area contributed by atoms with Gasteiger partial charge in [-0.3, -0.25) is 0 Å². The largest absolute Gasteiger partial charge is 0.478 e. The lowest BCUT2D eigenvalue weighted by Gasteiger charge is -2.20. The number of rotatable bonds is 5. The number of aromatic carboxylic acids is 1. The van der Waals surface area contributed by atoms with E-state index in [9.17, 15) is 14.0 Å². The maximum atomic E-state index is 13.5. The van der Waals surface area contributed by atoms with Gasteiger partial charge in [-0.2, -0.15) is 0 Å². The first-order valence-corrected chi connectivity index (χ1v) is 6.92. The first-order chi connectivity index (χ1) is 9.84. The molecule has 0 unspecified atom stereocenters. The van der Waals surface area contributed by atoms with E-state index in [1.54, 1.807) is 0 Å². The zero-order valence-corrected chi connectivity index (χ0v) is 12.1. The van der Waals surface area contributed by atoms with E-state index < -0.39 is 23.4 Å². The second-order valence-electron chi connectivity index (χ2n) is 5.82. The molecule has 0 aromatic heterocycles. The summed E-state index contributed by atoms with van der Waals surface area (Å²) in [5.41, 5.74) is -0.00227. The molecule has 2 rings (SSSR count). The lowest BCUT2D eigenvalue weighted by atomic mass is 9.92. The Hall–Kier alpha value is -2.11. The number of amides is 2. The quantitative estimate of drug-likeness (QED) is 0.781. The van der Waals surface area contributed by atoms with Crippen molar-refractivity contribution in [1.82, 2.24) is 5.32 Å². The SMILES string of the molecule is CC(C)C1(CNC(=O)Nc2ccc(C(=O)O)c(F)c2)CC1. The monoisotopic (exact) mass is 294 g/mol. The third-order valence-electron chi connectivity index (χ3n) is 4.18. The van der Waals surface area contributed by atoms with E-state index >= 15 is 0 Å². The number of carboxylic acid groups (broad SMARTS) is 1. The first-order valence-electron chi connectivity index (χ1n) is 6.92. The Labute approximate surface area is 122 Å². The highest BCUT2D eigenvalue weighted by molar-refractivity contribution is 5.91. The first kappa shape index (κ1) is 15.3. The summed E-state index contributed by atoms with van der Waals surface area (Å²) in [7, 11) is 0.